The van der Waals surface area contributed by atoms with Gasteiger partial charge < -0.3 is 0 Å². The van der Waals surface area contributed by atoms with E-state index in [1.54, 1.807) is 0 Å². The van der Waals surface area contributed by atoms with E-state index in [0.717, 1.165) is 0 Å². The lowest BCUT2D eigenvalue weighted by molar-refractivity contribution is 0.301. The van der Waals surface area contributed by atoms with Crippen molar-refractivity contribution in [3.05, 3.63) is 0 Å². The molecular weight excluding hydrogens is 261 g/mol. The smallest absolute Gasteiger partial charge is 0.000213 e. The fraction of sp³-hybridized carbons (Fsp3) is 1.00. The predicted molar refractivity (Wildman–Crippen MR) is 93.4 cm³/mol. The van der Waals surface area contributed by atoms with E-state index in [0.29, 0.717) is 10.3 Å². The van der Waals surface area contributed by atoms with Gasteiger partial charge in [0.1, 0.15) is 0 Å². The Kier molecular flexibility index (Phi) is 7.72. The summed E-state index contributed by atoms with van der Waals surface area (Å²) in [4.78, 5) is 0. The van der Waals surface area contributed by atoms with E-state index in [-0.39, 0.29) is 5.16 Å². The molecule has 0 heterocycles. The third-order valence-electron chi connectivity index (χ3n) is 4.72. The highest BCUT2D eigenvalue weighted by atomic mass is 31.0. The normalized spacial score (nSPS) is 22.6. The van der Waals surface area contributed by atoms with Gasteiger partial charge in [-0.25, -0.2) is 0 Å². The van der Waals surface area contributed by atoms with Crippen LogP contribution in [0.15, 0.2) is 0 Å². The van der Waals surface area contributed by atoms with Gasteiger partial charge in [-0.3, -0.25) is 0 Å². The lowest BCUT2D eigenvalue weighted by Crippen LogP contribution is -2.55. The summed E-state index contributed by atoms with van der Waals surface area (Å²) in [6.07, 6.45) is 7.55. The van der Waals surface area contributed by atoms with Gasteiger partial charge in [0.2, 0.25) is 0 Å². The summed E-state index contributed by atoms with van der Waals surface area (Å²) in [5.74, 6) is 0. The van der Waals surface area contributed by atoms with Crippen LogP contribution in [0.2, 0.25) is 0 Å². The van der Waals surface area contributed by atoms with Gasteiger partial charge in [-0.05, 0) is 36.0 Å². The highest BCUT2D eigenvalue weighted by Crippen LogP contribution is 2.56. The molecule has 0 aliphatic rings. The molecule has 5 unspecified atom stereocenters. The van der Waals surface area contributed by atoms with Crippen molar-refractivity contribution in [3.63, 3.8) is 0 Å². The van der Waals surface area contributed by atoms with Crippen LogP contribution < -0.4 is 0 Å². The lowest BCUT2D eigenvalue weighted by atomic mass is 9.73. The molecule has 0 aromatic rings. The maximum absolute atomic E-state index is 3.20. The Bertz CT molecular complexity index is 206. The maximum Gasteiger partial charge on any atom is 0.000213 e. The molecule has 104 valence electrons. The van der Waals surface area contributed by atoms with E-state index in [4.69, 9.17) is 0 Å². The van der Waals surface area contributed by atoms with Crippen molar-refractivity contribution in [2.75, 3.05) is 0 Å². The lowest BCUT2D eigenvalue weighted by Gasteiger charge is -2.54. The first kappa shape index (κ1) is 18.3. The molecule has 0 amide bonds. The predicted octanol–water partition coefficient (Wildman–Crippen LogP) is 5.27. The zero-order chi connectivity index (χ0) is 13.7. The monoisotopic (exact) mass is 294 g/mol. The molecule has 3 heteroatoms. The van der Waals surface area contributed by atoms with E-state index in [9.17, 15) is 0 Å². The van der Waals surface area contributed by atoms with Crippen LogP contribution in [0.25, 0.3) is 0 Å². The summed E-state index contributed by atoms with van der Waals surface area (Å²) in [6, 6.07) is 0. The largest absolute Gasteiger partial charge is 0.130 e. The van der Waals surface area contributed by atoms with Crippen LogP contribution >= 0.6 is 27.7 Å². The average molecular weight is 294 g/mol. The number of rotatable bonds is 8. The quantitative estimate of drug-likeness (QED) is 0.535. The van der Waals surface area contributed by atoms with E-state index < -0.39 is 0 Å². The van der Waals surface area contributed by atoms with E-state index in [2.05, 4.69) is 62.3 Å². The van der Waals surface area contributed by atoms with Crippen LogP contribution in [-0.2, 0) is 0 Å². The average Bonchev–Trinajstić information content (AvgIpc) is 2.28. The van der Waals surface area contributed by atoms with Crippen LogP contribution in [0.1, 0.15) is 73.1 Å². The highest BCUT2D eigenvalue weighted by Gasteiger charge is 2.50. The second kappa shape index (κ2) is 7.17. The Labute approximate surface area is 116 Å². The summed E-state index contributed by atoms with van der Waals surface area (Å²) in [5, 5.41) is 0.920. The molecule has 0 saturated carbocycles. The first-order valence-corrected chi connectivity index (χ1v) is 8.84. The van der Waals surface area contributed by atoms with Crippen molar-refractivity contribution in [1.82, 2.24) is 0 Å². The van der Waals surface area contributed by atoms with Crippen molar-refractivity contribution in [2.24, 2.45) is 0 Å². The molecule has 0 aromatic carbocycles. The number of hydrogen-bond acceptors (Lipinski definition) is 0. The van der Waals surface area contributed by atoms with Gasteiger partial charge in [0.15, 0.2) is 0 Å². The van der Waals surface area contributed by atoms with Gasteiger partial charge in [-0.2, -0.15) is 0 Å². The van der Waals surface area contributed by atoms with E-state index in [1.165, 1.54) is 38.5 Å². The summed E-state index contributed by atoms with van der Waals surface area (Å²) in [7, 11) is 9.58. The van der Waals surface area contributed by atoms with Crippen LogP contribution in [0, 0.1) is 0 Å². The molecule has 0 bridgehead atoms. The molecule has 0 aromatic heterocycles. The molecular formula is C14H33P3. The molecule has 0 saturated heterocycles. The standard InChI is InChI=1S/C14H33P3/c1-6-10-13(16,8-3)12(5,15)14(17,9-4)11-7-2/h6-11,15-17H2,1-5H3. The summed E-state index contributed by atoms with van der Waals surface area (Å²) >= 11 is 0. The highest BCUT2D eigenvalue weighted by molar-refractivity contribution is 7.28. The molecule has 5 atom stereocenters. The Morgan fingerprint density at radius 2 is 1.00 bits per heavy atom. The summed E-state index contributed by atoms with van der Waals surface area (Å²) in [5.41, 5.74) is 0. The zero-order valence-electron chi connectivity index (χ0n) is 12.5. The Morgan fingerprint density at radius 3 is 1.18 bits per heavy atom. The third-order valence-corrected chi connectivity index (χ3v) is 9.13. The van der Waals surface area contributed by atoms with Crippen molar-refractivity contribution in [3.8, 4) is 0 Å². The van der Waals surface area contributed by atoms with Crippen molar-refractivity contribution in [1.29, 1.82) is 0 Å². The van der Waals surface area contributed by atoms with E-state index >= 15 is 0 Å². The van der Waals surface area contributed by atoms with E-state index in [1.807, 2.05) is 0 Å². The molecule has 0 N–H and O–H groups in total. The van der Waals surface area contributed by atoms with Gasteiger partial charge in [0.05, 0.1) is 0 Å². The van der Waals surface area contributed by atoms with Crippen molar-refractivity contribution >= 4 is 27.7 Å². The minimum Gasteiger partial charge on any atom is -0.130 e. The molecule has 0 nitrogen and oxygen atoms in total. The first-order valence-electron chi connectivity index (χ1n) is 7.11. The second-order valence-corrected chi connectivity index (χ2v) is 9.09. The zero-order valence-corrected chi connectivity index (χ0v) is 15.9. The van der Waals surface area contributed by atoms with Gasteiger partial charge >= 0.3 is 0 Å². The van der Waals surface area contributed by atoms with Gasteiger partial charge in [0, 0.05) is 5.16 Å². The first-order chi connectivity index (χ1) is 7.74. The topological polar surface area (TPSA) is 0 Å². The van der Waals surface area contributed by atoms with Crippen LogP contribution in [-0.4, -0.2) is 15.5 Å². The molecule has 0 spiro atoms. The minimum absolute atomic E-state index is 0.255. The van der Waals surface area contributed by atoms with Gasteiger partial charge in [-0.15, -0.1) is 27.7 Å². The Balaban J connectivity index is 5.30. The third kappa shape index (κ3) is 3.65. The molecule has 17 heavy (non-hydrogen) atoms. The minimum atomic E-state index is 0.255. The maximum atomic E-state index is 3.20. The Hall–Kier alpha value is 1.29. The molecule has 0 aliphatic heterocycles. The molecule has 0 radical (unpaired) electrons. The van der Waals surface area contributed by atoms with Crippen LogP contribution in [0.3, 0.4) is 0 Å². The van der Waals surface area contributed by atoms with Crippen molar-refractivity contribution in [2.45, 2.75) is 88.6 Å². The fourth-order valence-electron chi connectivity index (χ4n) is 3.00. The molecule has 0 fully saturated rings. The molecule has 0 aliphatic carbocycles. The fourth-order valence-corrected chi connectivity index (χ4v) is 5.01. The molecule has 0 rings (SSSR count). The second-order valence-electron chi connectivity index (χ2n) is 5.72. The van der Waals surface area contributed by atoms with Gasteiger partial charge in [-0.1, -0.05) is 47.5 Å². The summed E-state index contributed by atoms with van der Waals surface area (Å²) < 4.78 is 0. The summed E-state index contributed by atoms with van der Waals surface area (Å²) in [6.45, 7) is 11.7. The van der Waals surface area contributed by atoms with Gasteiger partial charge in [0.25, 0.3) is 0 Å². The van der Waals surface area contributed by atoms with Crippen molar-refractivity contribution < 1.29 is 0 Å². The van der Waals surface area contributed by atoms with Crippen LogP contribution in [0.5, 0.6) is 0 Å². The number of hydrogen-bond donors (Lipinski definition) is 0. The van der Waals surface area contributed by atoms with Crippen LogP contribution in [0.4, 0.5) is 0 Å². The SMILES string of the molecule is CCCC(P)(CC)C(C)(P)C(P)(CC)CCC. The Morgan fingerprint density at radius 1 is 0.706 bits per heavy atom.